The Balaban J connectivity index is 1.52. The topological polar surface area (TPSA) is 63.1 Å². The predicted octanol–water partition coefficient (Wildman–Crippen LogP) is 5.24. The number of hydrogen-bond acceptors (Lipinski definition) is 6. The third-order valence-corrected chi connectivity index (χ3v) is 6.89. The zero-order valence-electron chi connectivity index (χ0n) is 18.2. The van der Waals surface area contributed by atoms with Gasteiger partial charge in [0, 0.05) is 25.5 Å². The molecule has 32 heavy (non-hydrogen) atoms. The van der Waals surface area contributed by atoms with Gasteiger partial charge in [-0.05, 0) is 48.2 Å². The van der Waals surface area contributed by atoms with Gasteiger partial charge in [-0.2, -0.15) is 0 Å². The number of anilines is 2. The zero-order valence-corrected chi connectivity index (χ0v) is 19.9. The number of nitrogens with one attached hydrogen (secondary N) is 1. The Labute approximate surface area is 196 Å². The number of amides is 1. The average Bonchev–Trinajstić information content (AvgIpc) is 3.45. The minimum atomic E-state index is -0.335. The first-order valence-electron chi connectivity index (χ1n) is 10.3. The van der Waals surface area contributed by atoms with Crippen LogP contribution >= 0.6 is 23.1 Å². The molecule has 0 saturated carbocycles. The van der Waals surface area contributed by atoms with Gasteiger partial charge in [0.15, 0.2) is 11.0 Å². The highest BCUT2D eigenvalue weighted by Gasteiger charge is 2.21. The van der Waals surface area contributed by atoms with Gasteiger partial charge in [-0.1, -0.05) is 48.2 Å². The van der Waals surface area contributed by atoms with E-state index in [2.05, 4.69) is 32.2 Å². The molecule has 0 fully saturated rings. The maximum Gasteiger partial charge on any atom is 0.237 e. The molecule has 2 aromatic heterocycles. The number of thiophene rings is 1. The Morgan fingerprint density at radius 1 is 1.06 bits per heavy atom. The van der Waals surface area contributed by atoms with Crippen molar-refractivity contribution >= 4 is 40.4 Å². The van der Waals surface area contributed by atoms with Crippen molar-refractivity contribution in [1.82, 2.24) is 14.8 Å². The molecule has 2 heterocycles. The van der Waals surface area contributed by atoms with Crippen molar-refractivity contribution in [2.75, 3.05) is 24.3 Å². The van der Waals surface area contributed by atoms with Crippen molar-refractivity contribution in [1.29, 1.82) is 0 Å². The number of carbonyl (C=O) groups is 1. The van der Waals surface area contributed by atoms with Gasteiger partial charge in [-0.3, -0.25) is 9.36 Å². The summed E-state index contributed by atoms with van der Waals surface area (Å²) in [6.45, 7) is 2.53. The fourth-order valence-electron chi connectivity index (χ4n) is 3.17. The van der Waals surface area contributed by atoms with Crippen LogP contribution in [-0.4, -0.2) is 40.0 Å². The Morgan fingerprint density at radius 3 is 2.47 bits per heavy atom. The summed E-state index contributed by atoms with van der Waals surface area (Å²) in [5.74, 6) is 0.748. The summed E-state index contributed by atoms with van der Waals surface area (Å²) in [6.07, 6.45) is 0. The van der Waals surface area contributed by atoms with Gasteiger partial charge in [0.2, 0.25) is 5.91 Å². The van der Waals surface area contributed by atoms with Crippen LogP contribution in [0.1, 0.15) is 12.5 Å². The Bertz CT molecular complexity index is 1160. The molecular weight excluding hydrogens is 438 g/mol. The van der Waals surface area contributed by atoms with Gasteiger partial charge in [0.25, 0.3) is 0 Å². The van der Waals surface area contributed by atoms with E-state index in [4.69, 9.17) is 0 Å². The Kier molecular flexibility index (Phi) is 6.92. The van der Waals surface area contributed by atoms with Crippen molar-refractivity contribution in [2.45, 2.75) is 23.9 Å². The lowest BCUT2D eigenvalue weighted by atomic mass is 10.2. The van der Waals surface area contributed by atoms with E-state index < -0.39 is 0 Å². The van der Waals surface area contributed by atoms with Crippen LogP contribution in [-0.2, 0) is 11.3 Å². The summed E-state index contributed by atoms with van der Waals surface area (Å²) in [5.41, 5.74) is 3.02. The molecular formula is C24H25N5OS2. The molecule has 2 aromatic carbocycles. The van der Waals surface area contributed by atoms with Gasteiger partial charge in [0.05, 0.1) is 16.7 Å². The second-order valence-corrected chi connectivity index (χ2v) is 9.80. The van der Waals surface area contributed by atoms with Gasteiger partial charge in [-0.25, -0.2) is 0 Å². The van der Waals surface area contributed by atoms with E-state index >= 15 is 0 Å². The minimum Gasteiger partial charge on any atom is -0.378 e. The highest BCUT2D eigenvalue weighted by molar-refractivity contribution is 8.00. The third-order valence-electron chi connectivity index (χ3n) is 4.94. The van der Waals surface area contributed by atoms with Crippen molar-refractivity contribution in [3.8, 4) is 10.7 Å². The standard InChI is InChI=1S/C24H25N5OS2/c1-17(23(30)25-19-11-13-20(14-12-19)28(2)3)32-24-27-26-22(21-10-7-15-31-21)29(24)16-18-8-5-4-6-9-18/h4-15,17H,16H2,1-3H3,(H,25,30). The number of aromatic nitrogens is 3. The van der Waals surface area contributed by atoms with Crippen LogP contribution in [0.3, 0.4) is 0 Å². The number of carbonyl (C=O) groups excluding carboxylic acids is 1. The zero-order chi connectivity index (χ0) is 22.5. The van der Waals surface area contributed by atoms with Gasteiger partial charge in [0.1, 0.15) is 0 Å². The summed E-state index contributed by atoms with van der Waals surface area (Å²) in [5, 5.41) is 14.3. The lowest BCUT2D eigenvalue weighted by Gasteiger charge is -2.15. The first-order valence-corrected chi connectivity index (χ1v) is 12.0. The first-order chi connectivity index (χ1) is 15.5. The molecule has 0 aliphatic carbocycles. The fraction of sp³-hybridized carbons (Fsp3) is 0.208. The second kappa shape index (κ2) is 10.0. The molecule has 0 spiro atoms. The summed E-state index contributed by atoms with van der Waals surface area (Å²) in [4.78, 5) is 15.9. The molecule has 0 aliphatic rings. The quantitative estimate of drug-likeness (QED) is 0.362. The smallest absolute Gasteiger partial charge is 0.237 e. The van der Waals surface area contributed by atoms with Crippen LogP contribution in [0.2, 0.25) is 0 Å². The van der Waals surface area contributed by atoms with Crippen LogP contribution in [0.4, 0.5) is 11.4 Å². The van der Waals surface area contributed by atoms with E-state index in [-0.39, 0.29) is 11.2 Å². The maximum absolute atomic E-state index is 12.8. The SMILES string of the molecule is CC(Sc1nnc(-c2cccs2)n1Cc1ccccc1)C(=O)Nc1ccc(N(C)C)cc1. The summed E-state index contributed by atoms with van der Waals surface area (Å²) < 4.78 is 2.08. The molecule has 4 rings (SSSR count). The highest BCUT2D eigenvalue weighted by Crippen LogP contribution is 2.30. The maximum atomic E-state index is 12.8. The average molecular weight is 464 g/mol. The summed E-state index contributed by atoms with van der Waals surface area (Å²) in [6, 6.07) is 22.1. The van der Waals surface area contributed by atoms with Crippen molar-refractivity contribution in [3.63, 3.8) is 0 Å². The molecule has 0 radical (unpaired) electrons. The summed E-state index contributed by atoms with van der Waals surface area (Å²) in [7, 11) is 3.98. The number of rotatable bonds is 8. The fourth-order valence-corrected chi connectivity index (χ4v) is 4.74. The molecule has 1 N–H and O–H groups in total. The third kappa shape index (κ3) is 5.20. The number of benzene rings is 2. The van der Waals surface area contributed by atoms with E-state index in [0.29, 0.717) is 6.54 Å². The van der Waals surface area contributed by atoms with Gasteiger partial charge in [-0.15, -0.1) is 21.5 Å². The number of hydrogen-bond donors (Lipinski definition) is 1. The van der Waals surface area contributed by atoms with Crippen molar-refractivity contribution in [3.05, 3.63) is 77.7 Å². The van der Waals surface area contributed by atoms with Crippen LogP contribution in [0.25, 0.3) is 10.7 Å². The molecule has 4 aromatic rings. The van der Waals surface area contributed by atoms with Crippen LogP contribution in [0.5, 0.6) is 0 Å². The van der Waals surface area contributed by atoms with E-state index in [9.17, 15) is 4.79 Å². The lowest BCUT2D eigenvalue weighted by molar-refractivity contribution is -0.115. The lowest BCUT2D eigenvalue weighted by Crippen LogP contribution is -2.23. The highest BCUT2D eigenvalue weighted by atomic mass is 32.2. The number of nitrogens with zero attached hydrogens (tertiary/aromatic N) is 4. The summed E-state index contributed by atoms with van der Waals surface area (Å²) >= 11 is 3.05. The van der Waals surface area contributed by atoms with Crippen LogP contribution in [0.15, 0.2) is 77.3 Å². The van der Waals surface area contributed by atoms with Gasteiger partial charge >= 0.3 is 0 Å². The normalized spacial score (nSPS) is 11.8. The molecule has 8 heteroatoms. The molecule has 1 amide bonds. The molecule has 164 valence electrons. The molecule has 1 atom stereocenters. The van der Waals surface area contributed by atoms with Crippen molar-refractivity contribution < 1.29 is 4.79 Å². The molecule has 6 nitrogen and oxygen atoms in total. The van der Waals surface area contributed by atoms with Crippen LogP contribution in [0, 0.1) is 0 Å². The first kappa shape index (κ1) is 22.1. The van der Waals surface area contributed by atoms with E-state index in [1.807, 2.05) is 85.9 Å². The van der Waals surface area contributed by atoms with E-state index in [1.54, 1.807) is 11.3 Å². The van der Waals surface area contributed by atoms with Crippen LogP contribution < -0.4 is 10.2 Å². The molecule has 0 aliphatic heterocycles. The largest absolute Gasteiger partial charge is 0.378 e. The minimum absolute atomic E-state index is 0.0699. The van der Waals surface area contributed by atoms with E-state index in [1.165, 1.54) is 11.8 Å². The Hall–Kier alpha value is -3.10. The molecule has 1 unspecified atom stereocenters. The van der Waals surface area contributed by atoms with Gasteiger partial charge < -0.3 is 10.2 Å². The molecule has 0 saturated heterocycles. The Morgan fingerprint density at radius 2 is 1.81 bits per heavy atom. The number of thioether (sulfide) groups is 1. The molecule has 0 bridgehead atoms. The van der Waals surface area contributed by atoms with Crippen molar-refractivity contribution in [2.24, 2.45) is 0 Å². The van der Waals surface area contributed by atoms with E-state index in [0.717, 1.165) is 32.8 Å². The predicted molar refractivity (Wildman–Crippen MR) is 134 cm³/mol. The monoisotopic (exact) mass is 463 g/mol. The second-order valence-electron chi connectivity index (χ2n) is 7.55.